The normalized spacial score (nSPS) is 37.6. The summed E-state index contributed by atoms with van der Waals surface area (Å²) in [5, 5.41) is 3.35. The molecule has 19 heavy (non-hydrogen) atoms. The highest BCUT2D eigenvalue weighted by Gasteiger charge is 2.60. The standard InChI is InChI=1S/C17H27NO/c1-12-16(2,3)13-9-10-17(12,11-13)15(19)18-14-7-5-4-6-8-14/h13-14H,1,4-11H2,2-3H3,(H,18,19)/t13-,17-/m0/s1. The predicted octanol–water partition coefficient (Wildman–Crippen LogP) is 3.82. The van der Waals surface area contributed by atoms with E-state index >= 15 is 0 Å². The smallest absolute Gasteiger partial charge is 0.230 e. The Kier molecular flexibility index (Phi) is 3.03. The molecule has 2 heteroatoms. The quantitative estimate of drug-likeness (QED) is 0.752. The topological polar surface area (TPSA) is 29.1 Å². The monoisotopic (exact) mass is 261 g/mol. The molecular formula is C17H27NO. The molecule has 0 unspecified atom stereocenters. The Bertz CT molecular complexity index is 405. The molecule has 0 aromatic rings. The minimum absolute atomic E-state index is 0.155. The Morgan fingerprint density at radius 3 is 2.47 bits per heavy atom. The second-order valence-electron chi connectivity index (χ2n) is 7.53. The number of amides is 1. The Morgan fingerprint density at radius 1 is 1.21 bits per heavy atom. The second-order valence-corrected chi connectivity index (χ2v) is 7.53. The lowest BCUT2D eigenvalue weighted by Crippen LogP contribution is -2.46. The van der Waals surface area contributed by atoms with Gasteiger partial charge in [0, 0.05) is 6.04 Å². The predicted molar refractivity (Wildman–Crippen MR) is 77.7 cm³/mol. The molecule has 2 bridgehead atoms. The van der Waals surface area contributed by atoms with Crippen LogP contribution in [-0.2, 0) is 4.79 Å². The van der Waals surface area contributed by atoms with Crippen LogP contribution in [0.2, 0.25) is 0 Å². The van der Waals surface area contributed by atoms with Gasteiger partial charge in [-0.1, -0.05) is 45.3 Å². The van der Waals surface area contributed by atoms with E-state index in [4.69, 9.17) is 0 Å². The van der Waals surface area contributed by atoms with E-state index in [0.717, 1.165) is 12.8 Å². The van der Waals surface area contributed by atoms with Crippen molar-refractivity contribution in [2.45, 2.75) is 71.3 Å². The highest BCUT2D eigenvalue weighted by molar-refractivity contribution is 5.87. The SMILES string of the molecule is C=C1C(C)(C)[C@H]2CC[C@]1(C(=O)NC1CCCCC1)C2. The molecule has 3 fully saturated rings. The molecule has 0 aliphatic heterocycles. The first-order valence-corrected chi connectivity index (χ1v) is 7.98. The largest absolute Gasteiger partial charge is 0.353 e. The maximum atomic E-state index is 12.8. The lowest BCUT2D eigenvalue weighted by Gasteiger charge is -2.38. The van der Waals surface area contributed by atoms with E-state index in [0.29, 0.717) is 12.0 Å². The van der Waals surface area contributed by atoms with Gasteiger partial charge in [0.1, 0.15) is 0 Å². The Hall–Kier alpha value is -0.790. The fourth-order valence-electron chi connectivity index (χ4n) is 4.71. The van der Waals surface area contributed by atoms with Gasteiger partial charge in [0.25, 0.3) is 0 Å². The van der Waals surface area contributed by atoms with E-state index in [-0.39, 0.29) is 16.7 Å². The van der Waals surface area contributed by atoms with Crippen molar-refractivity contribution in [2.75, 3.05) is 0 Å². The number of hydrogen-bond donors (Lipinski definition) is 1. The van der Waals surface area contributed by atoms with Crippen molar-refractivity contribution in [2.24, 2.45) is 16.7 Å². The zero-order valence-electron chi connectivity index (χ0n) is 12.4. The number of fused-ring (bicyclic) bond motifs is 2. The van der Waals surface area contributed by atoms with E-state index < -0.39 is 0 Å². The summed E-state index contributed by atoms with van der Waals surface area (Å²) in [6.45, 7) is 8.86. The van der Waals surface area contributed by atoms with E-state index in [1.54, 1.807) is 0 Å². The van der Waals surface area contributed by atoms with E-state index in [2.05, 4.69) is 25.7 Å². The second kappa shape index (κ2) is 4.36. The van der Waals surface area contributed by atoms with Crippen molar-refractivity contribution in [1.82, 2.24) is 5.32 Å². The summed E-state index contributed by atoms with van der Waals surface area (Å²) in [5.41, 5.74) is 1.12. The first-order chi connectivity index (χ1) is 8.97. The Morgan fingerprint density at radius 2 is 1.89 bits per heavy atom. The van der Waals surface area contributed by atoms with Gasteiger partial charge in [0.05, 0.1) is 5.41 Å². The zero-order chi connectivity index (χ0) is 13.7. The van der Waals surface area contributed by atoms with Gasteiger partial charge in [0.2, 0.25) is 5.91 Å². The van der Waals surface area contributed by atoms with Crippen LogP contribution >= 0.6 is 0 Å². The maximum absolute atomic E-state index is 12.8. The minimum Gasteiger partial charge on any atom is -0.353 e. The highest BCUT2D eigenvalue weighted by atomic mass is 16.2. The van der Waals surface area contributed by atoms with Crippen molar-refractivity contribution in [3.8, 4) is 0 Å². The molecule has 0 radical (unpaired) electrons. The van der Waals surface area contributed by atoms with Crippen LogP contribution in [0, 0.1) is 16.7 Å². The fourth-order valence-corrected chi connectivity index (χ4v) is 4.71. The average Bonchev–Trinajstić information content (AvgIpc) is 2.91. The van der Waals surface area contributed by atoms with Crippen LogP contribution < -0.4 is 5.32 Å². The molecule has 1 N–H and O–H groups in total. The molecule has 3 rings (SSSR count). The van der Waals surface area contributed by atoms with Crippen molar-refractivity contribution < 1.29 is 4.79 Å². The summed E-state index contributed by atoms with van der Waals surface area (Å²) in [6, 6.07) is 0.422. The molecule has 0 aromatic heterocycles. The lowest BCUT2D eigenvalue weighted by atomic mass is 9.68. The molecular weight excluding hydrogens is 234 g/mol. The molecule has 2 atom stereocenters. The molecule has 106 valence electrons. The molecule has 0 aromatic carbocycles. The maximum Gasteiger partial charge on any atom is 0.230 e. The Labute approximate surface area is 117 Å². The van der Waals surface area contributed by atoms with Gasteiger partial charge in [-0.3, -0.25) is 4.79 Å². The van der Waals surface area contributed by atoms with Crippen LogP contribution in [0.3, 0.4) is 0 Å². The summed E-state index contributed by atoms with van der Waals surface area (Å²) < 4.78 is 0. The molecule has 3 aliphatic carbocycles. The third-order valence-electron chi connectivity index (χ3n) is 6.27. The first-order valence-electron chi connectivity index (χ1n) is 7.98. The van der Waals surface area contributed by atoms with Crippen LogP contribution in [0.1, 0.15) is 65.2 Å². The van der Waals surface area contributed by atoms with Crippen molar-refractivity contribution in [3.05, 3.63) is 12.2 Å². The molecule has 1 amide bonds. The molecule has 3 aliphatic rings. The van der Waals surface area contributed by atoms with Gasteiger partial charge < -0.3 is 5.32 Å². The molecule has 0 saturated heterocycles. The number of rotatable bonds is 2. The first kappa shape index (κ1) is 13.2. The Balaban J connectivity index is 1.74. The number of carbonyl (C=O) groups excluding carboxylic acids is 1. The van der Waals surface area contributed by atoms with Crippen molar-refractivity contribution in [3.63, 3.8) is 0 Å². The summed E-state index contributed by atoms with van der Waals surface area (Å²) in [4.78, 5) is 12.8. The molecule has 0 heterocycles. The fraction of sp³-hybridized carbons (Fsp3) is 0.824. The van der Waals surface area contributed by atoms with Gasteiger partial charge in [-0.2, -0.15) is 0 Å². The van der Waals surface area contributed by atoms with Crippen LogP contribution in [0.5, 0.6) is 0 Å². The van der Waals surface area contributed by atoms with E-state index in [9.17, 15) is 4.79 Å². The van der Waals surface area contributed by atoms with Crippen molar-refractivity contribution in [1.29, 1.82) is 0 Å². The summed E-state index contributed by atoms with van der Waals surface area (Å²) >= 11 is 0. The zero-order valence-corrected chi connectivity index (χ0v) is 12.4. The van der Waals surface area contributed by atoms with Gasteiger partial charge >= 0.3 is 0 Å². The lowest BCUT2D eigenvalue weighted by molar-refractivity contribution is -0.129. The van der Waals surface area contributed by atoms with Gasteiger partial charge in [-0.15, -0.1) is 0 Å². The van der Waals surface area contributed by atoms with Gasteiger partial charge in [-0.25, -0.2) is 0 Å². The van der Waals surface area contributed by atoms with Crippen LogP contribution in [0.4, 0.5) is 0 Å². The van der Waals surface area contributed by atoms with Gasteiger partial charge in [-0.05, 0) is 43.4 Å². The molecule has 3 saturated carbocycles. The summed E-state index contributed by atoms with van der Waals surface area (Å²) in [7, 11) is 0. The summed E-state index contributed by atoms with van der Waals surface area (Å²) in [6.07, 6.45) is 9.47. The van der Waals surface area contributed by atoms with Crippen LogP contribution in [0.25, 0.3) is 0 Å². The summed E-state index contributed by atoms with van der Waals surface area (Å²) in [5.74, 6) is 0.953. The minimum atomic E-state index is -0.231. The average molecular weight is 261 g/mol. The highest BCUT2D eigenvalue weighted by Crippen LogP contribution is 2.65. The van der Waals surface area contributed by atoms with Crippen LogP contribution in [0.15, 0.2) is 12.2 Å². The van der Waals surface area contributed by atoms with E-state index in [1.165, 1.54) is 44.1 Å². The number of nitrogens with one attached hydrogen (secondary N) is 1. The van der Waals surface area contributed by atoms with E-state index in [1.807, 2.05) is 0 Å². The molecule has 0 spiro atoms. The number of hydrogen-bond acceptors (Lipinski definition) is 1. The third-order valence-corrected chi connectivity index (χ3v) is 6.27. The van der Waals surface area contributed by atoms with Crippen LogP contribution in [-0.4, -0.2) is 11.9 Å². The van der Waals surface area contributed by atoms with Gasteiger partial charge in [0.15, 0.2) is 0 Å². The number of carbonyl (C=O) groups is 1. The third kappa shape index (κ3) is 1.86. The molecule has 2 nitrogen and oxygen atoms in total. The van der Waals surface area contributed by atoms with Crippen molar-refractivity contribution >= 4 is 5.91 Å².